The van der Waals surface area contributed by atoms with E-state index in [4.69, 9.17) is 0 Å². The highest BCUT2D eigenvalue weighted by Crippen LogP contribution is 2.40. The van der Waals surface area contributed by atoms with Gasteiger partial charge in [-0.1, -0.05) is 12.1 Å². The molecule has 0 radical (unpaired) electrons. The van der Waals surface area contributed by atoms with Crippen molar-refractivity contribution in [1.29, 1.82) is 0 Å². The van der Waals surface area contributed by atoms with Crippen LogP contribution in [-0.4, -0.2) is 47.1 Å². The van der Waals surface area contributed by atoms with Crippen LogP contribution in [0.4, 0.5) is 18.9 Å². The molecule has 0 bridgehead atoms. The fourth-order valence-electron chi connectivity index (χ4n) is 2.48. The van der Waals surface area contributed by atoms with Crippen LogP contribution in [0, 0.1) is 0 Å². The molecule has 1 atom stereocenters. The maximum absolute atomic E-state index is 13.3. The Labute approximate surface area is 152 Å². The molecule has 0 unspecified atom stereocenters. The number of amides is 2. The third kappa shape index (κ3) is 3.95. The zero-order chi connectivity index (χ0) is 20.4. The zero-order valence-corrected chi connectivity index (χ0v) is 14.5. The van der Waals surface area contributed by atoms with E-state index in [0.717, 1.165) is 17.0 Å². The molecule has 27 heavy (non-hydrogen) atoms. The normalized spacial score (nSPS) is 16.6. The van der Waals surface area contributed by atoms with Crippen LogP contribution in [0.25, 0.3) is 0 Å². The van der Waals surface area contributed by atoms with Crippen LogP contribution in [0.1, 0.15) is 19.4 Å². The highest BCUT2D eigenvalue weighted by atomic mass is 19.4. The van der Waals surface area contributed by atoms with E-state index in [1.54, 1.807) is 0 Å². The van der Waals surface area contributed by atoms with E-state index in [1.807, 2.05) is 0 Å². The number of benzene rings is 1. The number of nitrogens with one attached hydrogen (secondary N) is 1. The van der Waals surface area contributed by atoms with Crippen LogP contribution < -0.4 is 5.32 Å². The van der Waals surface area contributed by atoms with Gasteiger partial charge in [0.2, 0.25) is 5.91 Å². The number of halogens is 3. The van der Waals surface area contributed by atoms with Crippen LogP contribution in [0.2, 0.25) is 0 Å². The Morgan fingerprint density at radius 1 is 1.26 bits per heavy atom. The van der Waals surface area contributed by atoms with Crippen molar-refractivity contribution in [1.82, 2.24) is 4.90 Å². The Morgan fingerprint density at radius 3 is 2.30 bits per heavy atom. The van der Waals surface area contributed by atoms with E-state index in [0.29, 0.717) is 11.4 Å². The van der Waals surface area contributed by atoms with Gasteiger partial charge < -0.3 is 15.2 Å². The molecule has 146 valence electrons. The third-order valence-corrected chi connectivity index (χ3v) is 3.86. The number of ether oxygens (including phenoxy) is 1. The minimum Gasteiger partial charge on any atom is -0.463 e. The molecule has 0 aromatic heterocycles. The molecule has 0 aliphatic carbocycles. The van der Waals surface area contributed by atoms with Crippen molar-refractivity contribution < 1.29 is 37.4 Å². The zero-order valence-electron chi connectivity index (χ0n) is 14.5. The summed E-state index contributed by atoms with van der Waals surface area (Å²) >= 11 is 0. The maximum atomic E-state index is 13.3. The van der Waals surface area contributed by atoms with Crippen molar-refractivity contribution in [3.05, 3.63) is 41.6 Å². The Bertz CT molecular complexity index is 789. The van der Waals surface area contributed by atoms with Gasteiger partial charge in [0, 0.05) is 29.9 Å². The predicted octanol–water partition coefficient (Wildman–Crippen LogP) is 1.68. The summed E-state index contributed by atoms with van der Waals surface area (Å²) in [6, 6.07) is 4.25. The standard InChI is InChI=1S/C17H17F3N2O5/c1-3-27-15(25)16(26,17(18,19)20)11-4-6-12(7-5-11)21-13-8-14(24)22(9-13)10(2)23/h4-8,21,26H,3,9H2,1-2H3/t16-/m1/s1. The lowest BCUT2D eigenvalue weighted by Crippen LogP contribution is -2.50. The number of imide groups is 1. The van der Waals surface area contributed by atoms with Gasteiger partial charge in [-0.25, -0.2) is 4.79 Å². The number of alkyl halides is 3. The molecule has 1 aromatic rings. The molecule has 2 N–H and O–H groups in total. The lowest BCUT2D eigenvalue weighted by molar-refractivity contribution is -0.267. The summed E-state index contributed by atoms with van der Waals surface area (Å²) in [7, 11) is 0. The number of rotatable bonds is 5. The number of hydrogen-bond donors (Lipinski definition) is 2. The van der Waals surface area contributed by atoms with Gasteiger partial charge in [0.05, 0.1) is 13.2 Å². The summed E-state index contributed by atoms with van der Waals surface area (Å²) in [6.07, 6.45) is -4.09. The number of nitrogens with zero attached hydrogens (tertiary/aromatic N) is 1. The van der Waals surface area contributed by atoms with Crippen molar-refractivity contribution in [2.45, 2.75) is 25.6 Å². The Kier molecular flexibility index (Phi) is 5.59. The molecule has 2 amide bonds. The molecule has 2 rings (SSSR count). The number of anilines is 1. The van der Waals surface area contributed by atoms with Crippen molar-refractivity contribution >= 4 is 23.5 Å². The van der Waals surface area contributed by atoms with Crippen LogP contribution in [0.15, 0.2) is 36.0 Å². The summed E-state index contributed by atoms with van der Waals surface area (Å²) in [5.41, 5.74) is -3.83. The fraction of sp³-hybridized carbons (Fsp3) is 0.353. The van der Waals surface area contributed by atoms with Crippen molar-refractivity contribution in [3.8, 4) is 0 Å². The average Bonchev–Trinajstić information content (AvgIpc) is 2.94. The van der Waals surface area contributed by atoms with Crippen LogP contribution >= 0.6 is 0 Å². The Balaban J connectivity index is 2.23. The van der Waals surface area contributed by atoms with Crippen LogP contribution in [0.5, 0.6) is 0 Å². The number of esters is 1. The van der Waals surface area contributed by atoms with E-state index in [9.17, 15) is 32.7 Å². The average molecular weight is 386 g/mol. The van der Waals surface area contributed by atoms with Crippen LogP contribution in [-0.2, 0) is 24.7 Å². The second kappa shape index (κ2) is 7.39. The first kappa shape index (κ1) is 20.4. The molecule has 0 saturated carbocycles. The Morgan fingerprint density at radius 2 is 1.85 bits per heavy atom. The summed E-state index contributed by atoms with van der Waals surface area (Å²) in [5.74, 6) is -2.76. The second-order valence-corrected chi connectivity index (χ2v) is 5.74. The van der Waals surface area contributed by atoms with E-state index < -0.39 is 35.1 Å². The molecule has 1 aromatic carbocycles. The van der Waals surface area contributed by atoms with Crippen molar-refractivity contribution in [2.75, 3.05) is 18.5 Å². The molecule has 7 nitrogen and oxygen atoms in total. The summed E-state index contributed by atoms with van der Waals surface area (Å²) in [4.78, 5) is 35.6. The van der Waals surface area contributed by atoms with E-state index in [1.165, 1.54) is 32.1 Å². The number of carbonyl (C=O) groups is 3. The molecular formula is C17H17F3N2O5. The van der Waals surface area contributed by atoms with Gasteiger partial charge in [0.25, 0.3) is 11.5 Å². The first-order valence-corrected chi connectivity index (χ1v) is 7.87. The molecule has 1 heterocycles. The predicted molar refractivity (Wildman–Crippen MR) is 87.1 cm³/mol. The summed E-state index contributed by atoms with van der Waals surface area (Å²) in [6.45, 7) is 2.23. The third-order valence-electron chi connectivity index (χ3n) is 3.86. The van der Waals surface area contributed by atoms with Crippen molar-refractivity contribution in [3.63, 3.8) is 0 Å². The molecule has 0 spiro atoms. The second-order valence-electron chi connectivity index (χ2n) is 5.74. The SMILES string of the molecule is CCOC(=O)[C@](O)(c1ccc(NC2=CC(=O)N(C(C)=O)C2)cc1)C(F)(F)F. The van der Waals surface area contributed by atoms with Gasteiger partial charge in [-0.05, 0) is 19.1 Å². The first-order valence-electron chi connectivity index (χ1n) is 7.87. The summed E-state index contributed by atoms with van der Waals surface area (Å²) < 4.78 is 44.3. The minimum atomic E-state index is -5.28. The number of carbonyl (C=O) groups excluding carboxylic acids is 3. The monoisotopic (exact) mass is 386 g/mol. The largest absolute Gasteiger partial charge is 0.463 e. The van der Waals surface area contributed by atoms with Gasteiger partial charge in [-0.3, -0.25) is 14.5 Å². The van der Waals surface area contributed by atoms with E-state index >= 15 is 0 Å². The van der Waals surface area contributed by atoms with Gasteiger partial charge in [-0.2, -0.15) is 13.2 Å². The van der Waals surface area contributed by atoms with Crippen LogP contribution in [0.3, 0.4) is 0 Å². The number of aliphatic hydroxyl groups is 1. The smallest absolute Gasteiger partial charge is 0.432 e. The highest BCUT2D eigenvalue weighted by molar-refractivity contribution is 6.03. The topological polar surface area (TPSA) is 95.9 Å². The van der Waals surface area contributed by atoms with Crippen molar-refractivity contribution in [2.24, 2.45) is 0 Å². The lowest BCUT2D eigenvalue weighted by atomic mass is 9.93. The first-order chi connectivity index (χ1) is 12.5. The molecule has 1 aliphatic rings. The molecule has 10 heteroatoms. The number of hydrogen-bond acceptors (Lipinski definition) is 6. The molecular weight excluding hydrogens is 369 g/mol. The maximum Gasteiger partial charge on any atom is 0.432 e. The van der Waals surface area contributed by atoms with E-state index in [-0.39, 0.29) is 13.2 Å². The van der Waals surface area contributed by atoms with Gasteiger partial charge in [0.15, 0.2) is 0 Å². The van der Waals surface area contributed by atoms with E-state index in [2.05, 4.69) is 10.1 Å². The minimum absolute atomic E-state index is 0.00519. The lowest BCUT2D eigenvalue weighted by Gasteiger charge is -2.28. The molecule has 0 fully saturated rings. The fourth-order valence-corrected chi connectivity index (χ4v) is 2.48. The Hall–Kier alpha value is -2.88. The quantitative estimate of drug-likeness (QED) is 0.748. The van der Waals surface area contributed by atoms with Gasteiger partial charge >= 0.3 is 12.1 Å². The van der Waals surface area contributed by atoms with Gasteiger partial charge in [-0.15, -0.1) is 0 Å². The molecule has 1 aliphatic heterocycles. The highest BCUT2D eigenvalue weighted by Gasteiger charge is 2.62. The molecule has 0 saturated heterocycles. The van der Waals surface area contributed by atoms with Gasteiger partial charge in [0.1, 0.15) is 0 Å². The summed E-state index contributed by atoms with van der Waals surface area (Å²) in [5, 5.41) is 12.8.